The number of halogens is 1. The first kappa shape index (κ1) is 14.0. The maximum atomic E-state index is 13.2. The molecule has 19 heavy (non-hydrogen) atoms. The topological polar surface area (TPSA) is 55.1 Å². The fourth-order valence-corrected chi connectivity index (χ4v) is 2.78. The van der Waals surface area contributed by atoms with Crippen LogP contribution in [0.15, 0.2) is 28.2 Å². The van der Waals surface area contributed by atoms with E-state index in [2.05, 4.69) is 4.98 Å². The highest BCUT2D eigenvalue weighted by molar-refractivity contribution is 7.99. The highest BCUT2D eigenvalue weighted by atomic mass is 32.2. The van der Waals surface area contributed by atoms with Gasteiger partial charge in [0.1, 0.15) is 5.82 Å². The summed E-state index contributed by atoms with van der Waals surface area (Å²) < 4.78 is 14.7. The highest BCUT2D eigenvalue weighted by Gasteiger charge is 2.10. The second-order valence-electron chi connectivity index (χ2n) is 4.03. The molecule has 2 rings (SSSR count). The van der Waals surface area contributed by atoms with E-state index in [9.17, 15) is 9.18 Å². The summed E-state index contributed by atoms with van der Waals surface area (Å²) >= 11 is 1.43. The lowest BCUT2D eigenvalue weighted by Crippen LogP contribution is -2.22. The van der Waals surface area contributed by atoms with E-state index in [0.717, 1.165) is 0 Å². The van der Waals surface area contributed by atoms with Crippen molar-refractivity contribution in [2.45, 2.75) is 25.0 Å². The van der Waals surface area contributed by atoms with Crippen LogP contribution in [0.4, 0.5) is 4.39 Å². The van der Waals surface area contributed by atoms with Gasteiger partial charge < -0.3 is 5.11 Å². The van der Waals surface area contributed by atoms with E-state index >= 15 is 0 Å². The van der Waals surface area contributed by atoms with Crippen molar-refractivity contribution < 1.29 is 9.50 Å². The van der Waals surface area contributed by atoms with Crippen molar-refractivity contribution in [3.8, 4) is 0 Å². The third-order valence-electron chi connectivity index (χ3n) is 2.73. The van der Waals surface area contributed by atoms with Gasteiger partial charge in [-0.05, 0) is 31.5 Å². The standard InChI is InChI=1S/C13H15FN2O2S/c1-2-16-12(18)10-8-9(14)4-5-11(10)15-13(16)19-7-3-6-17/h4-5,8,17H,2-3,6-7H2,1H3. The second-order valence-corrected chi connectivity index (χ2v) is 5.09. The predicted octanol–water partition coefficient (Wildman–Crippen LogP) is 2.03. The smallest absolute Gasteiger partial charge is 0.262 e. The largest absolute Gasteiger partial charge is 0.396 e. The number of rotatable bonds is 5. The van der Waals surface area contributed by atoms with Crippen LogP contribution in [0.1, 0.15) is 13.3 Å². The average molecular weight is 282 g/mol. The van der Waals surface area contributed by atoms with Crippen molar-refractivity contribution in [3.63, 3.8) is 0 Å². The molecule has 0 atom stereocenters. The summed E-state index contributed by atoms with van der Waals surface area (Å²) in [6, 6.07) is 4.04. The van der Waals surface area contributed by atoms with Gasteiger partial charge in [-0.15, -0.1) is 0 Å². The monoisotopic (exact) mass is 282 g/mol. The zero-order valence-corrected chi connectivity index (χ0v) is 11.4. The van der Waals surface area contributed by atoms with Crippen LogP contribution in [0.5, 0.6) is 0 Å². The molecule has 0 unspecified atom stereocenters. The van der Waals surface area contributed by atoms with Crippen molar-refractivity contribution in [2.75, 3.05) is 12.4 Å². The molecule has 4 nitrogen and oxygen atoms in total. The Kier molecular flexibility index (Phi) is 4.55. The minimum atomic E-state index is -0.435. The van der Waals surface area contributed by atoms with Crippen molar-refractivity contribution in [1.29, 1.82) is 0 Å². The van der Waals surface area contributed by atoms with Crippen LogP contribution in [-0.2, 0) is 6.54 Å². The number of benzene rings is 1. The molecule has 2 aromatic rings. The Morgan fingerprint density at radius 1 is 1.47 bits per heavy atom. The van der Waals surface area contributed by atoms with Gasteiger partial charge in [0.25, 0.3) is 5.56 Å². The fourth-order valence-electron chi connectivity index (χ4n) is 1.79. The van der Waals surface area contributed by atoms with Crippen molar-refractivity contribution >= 4 is 22.7 Å². The molecular weight excluding hydrogens is 267 g/mol. The molecule has 1 aromatic carbocycles. The summed E-state index contributed by atoms with van der Waals surface area (Å²) in [4.78, 5) is 16.7. The van der Waals surface area contributed by atoms with Gasteiger partial charge in [0.15, 0.2) is 5.16 Å². The molecule has 0 fully saturated rings. The Balaban J connectivity index is 2.52. The molecular formula is C13H15FN2O2S. The molecule has 1 aromatic heterocycles. The summed E-state index contributed by atoms with van der Waals surface area (Å²) in [5.41, 5.74) is 0.279. The van der Waals surface area contributed by atoms with E-state index in [-0.39, 0.29) is 12.2 Å². The molecule has 0 saturated carbocycles. The molecule has 1 N–H and O–H groups in total. The van der Waals surface area contributed by atoms with E-state index in [1.807, 2.05) is 6.92 Å². The van der Waals surface area contributed by atoms with Crippen LogP contribution in [0, 0.1) is 5.82 Å². The van der Waals surface area contributed by atoms with Gasteiger partial charge in [-0.25, -0.2) is 9.37 Å². The summed E-state index contributed by atoms with van der Waals surface area (Å²) in [5, 5.41) is 9.69. The van der Waals surface area contributed by atoms with Crippen LogP contribution in [0.3, 0.4) is 0 Å². The first-order valence-corrected chi connectivity index (χ1v) is 7.09. The van der Waals surface area contributed by atoms with Crippen LogP contribution < -0.4 is 5.56 Å². The zero-order chi connectivity index (χ0) is 13.8. The SMILES string of the molecule is CCn1c(SCCCO)nc2ccc(F)cc2c1=O. The van der Waals surface area contributed by atoms with Gasteiger partial charge in [0.05, 0.1) is 10.9 Å². The second kappa shape index (κ2) is 6.16. The van der Waals surface area contributed by atoms with Crippen LogP contribution in [0.2, 0.25) is 0 Å². The maximum absolute atomic E-state index is 13.2. The summed E-state index contributed by atoms with van der Waals surface area (Å²) in [6.07, 6.45) is 0.645. The number of hydrogen-bond acceptors (Lipinski definition) is 4. The van der Waals surface area contributed by atoms with Crippen molar-refractivity contribution in [2.24, 2.45) is 0 Å². The first-order valence-electron chi connectivity index (χ1n) is 6.11. The van der Waals surface area contributed by atoms with Crippen LogP contribution >= 0.6 is 11.8 Å². The zero-order valence-electron chi connectivity index (χ0n) is 10.6. The number of hydrogen-bond donors (Lipinski definition) is 1. The number of aliphatic hydroxyl groups is 1. The summed E-state index contributed by atoms with van der Waals surface area (Å²) in [5.74, 6) is 0.255. The lowest BCUT2D eigenvalue weighted by atomic mass is 10.2. The van der Waals surface area contributed by atoms with E-state index in [0.29, 0.717) is 34.8 Å². The normalized spacial score (nSPS) is 11.1. The molecule has 0 aliphatic rings. The molecule has 0 amide bonds. The first-order chi connectivity index (χ1) is 9.17. The Hall–Kier alpha value is -1.40. The number of aliphatic hydroxyl groups excluding tert-OH is 1. The van der Waals surface area contributed by atoms with E-state index < -0.39 is 5.82 Å². The van der Waals surface area contributed by atoms with Gasteiger partial charge in [-0.3, -0.25) is 9.36 Å². The Morgan fingerprint density at radius 2 is 2.26 bits per heavy atom. The third kappa shape index (κ3) is 2.96. The van der Waals surface area contributed by atoms with Crippen LogP contribution in [-0.4, -0.2) is 27.0 Å². The number of nitrogens with zero attached hydrogens (tertiary/aromatic N) is 2. The van der Waals surface area contributed by atoms with E-state index in [1.54, 1.807) is 0 Å². The predicted molar refractivity (Wildman–Crippen MR) is 74.1 cm³/mol. The van der Waals surface area contributed by atoms with Crippen molar-refractivity contribution in [3.05, 3.63) is 34.4 Å². The van der Waals surface area contributed by atoms with Gasteiger partial charge in [0, 0.05) is 18.9 Å². The number of fused-ring (bicyclic) bond motifs is 1. The highest BCUT2D eigenvalue weighted by Crippen LogP contribution is 2.18. The number of thioether (sulfide) groups is 1. The van der Waals surface area contributed by atoms with Crippen LogP contribution in [0.25, 0.3) is 10.9 Å². The molecule has 6 heteroatoms. The van der Waals surface area contributed by atoms with Gasteiger partial charge in [-0.2, -0.15) is 0 Å². The third-order valence-corrected chi connectivity index (χ3v) is 3.79. The number of aromatic nitrogens is 2. The molecule has 0 radical (unpaired) electrons. The molecule has 0 saturated heterocycles. The van der Waals surface area contributed by atoms with E-state index in [1.165, 1.54) is 34.5 Å². The fraction of sp³-hybridized carbons (Fsp3) is 0.385. The Bertz CT molecular complexity index is 642. The Labute approximate surface area is 114 Å². The minimum Gasteiger partial charge on any atom is -0.396 e. The van der Waals surface area contributed by atoms with Gasteiger partial charge >= 0.3 is 0 Å². The van der Waals surface area contributed by atoms with E-state index in [4.69, 9.17) is 5.11 Å². The van der Waals surface area contributed by atoms with Crippen molar-refractivity contribution in [1.82, 2.24) is 9.55 Å². The van der Waals surface area contributed by atoms with Gasteiger partial charge in [-0.1, -0.05) is 11.8 Å². The quantitative estimate of drug-likeness (QED) is 0.518. The maximum Gasteiger partial charge on any atom is 0.262 e. The lowest BCUT2D eigenvalue weighted by molar-refractivity contribution is 0.296. The summed E-state index contributed by atoms with van der Waals surface area (Å²) in [6.45, 7) is 2.45. The van der Waals surface area contributed by atoms with Gasteiger partial charge in [0.2, 0.25) is 0 Å². The molecule has 102 valence electrons. The summed E-state index contributed by atoms with van der Waals surface area (Å²) in [7, 11) is 0. The average Bonchev–Trinajstić information content (AvgIpc) is 2.40. The molecule has 0 aliphatic carbocycles. The molecule has 0 spiro atoms. The minimum absolute atomic E-state index is 0.113. The Morgan fingerprint density at radius 3 is 2.95 bits per heavy atom. The molecule has 1 heterocycles. The lowest BCUT2D eigenvalue weighted by Gasteiger charge is -2.10. The molecule has 0 aliphatic heterocycles. The molecule has 0 bridgehead atoms.